The molecule has 3 amide bonds. The number of carbonyl (C=O) groups is 4. The van der Waals surface area contributed by atoms with Crippen LogP contribution in [-0.2, 0) is 38.2 Å². The highest BCUT2D eigenvalue weighted by Gasteiger charge is 2.52. The number of rotatable bonds is 12. The van der Waals surface area contributed by atoms with E-state index in [-0.39, 0.29) is 71.8 Å². The van der Waals surface area contributed by atoms with Gasteiger partial charge in [-0.25, -0.2) is 4.39 Å². The number of ketones is 1. The van der Waals surface area contributed by atoms with E-state index < -0.39 is 34.6 Å². The van der Waals surface area contributed by atoms with Crippen molar-refractivity contribution in [2.24, 2.45) is 11.8 Å². The topological polar surface area (TPSA) is 117 Å². The van der Waals surface area contributed by atoms with Crippen LogP contribution < -0.4 is 10.2 Å². The van der Waals surface area contributed by atoms with Crippen molar-refractivity contribution in [2.45, 2.75) is 122 Å². The van der Waals surface area contributed by atoms with Gasteiger partial charge in [0.15, 0.2) is 10.9 Å². The Bertz CT molecular complexity index is 1960. The fourth-order valence-electron chi connectivity index (χ4n) is 9.49. The Hall–Kier alpha value is -4.26. The summed E-state index contributed by atoms with van der Waals surface area (Å²) < 4.78 is 56.0. The fourth-order valence-corrected chi connectivity index (χ4v) is 10.1. The molecule has 3 aliphatic heterocycles. The third-order valence-corrected chi connectivity index (χ3v) is 12.9. The second-order valence-electron chi connectivity index (χ2n) is 17.1. The van der Waals surface area contributed by atoms with Gasteiger partial charge in [-0.1, -0.05) is 12.1 Å². The van der Waals surface area contributed by atoms with Gasteiger partial charge < -0.3 is 9.80 Å². The van der Waals surface area contributed by atoms with Crippen molar-refractivity contribution in [2.75, 3.05) is 31.1 Å². The number of anilines is 1. The number of benzene rings is 2. The maximum atomic E-state index is 14.8. The molecule has 58 heavy (non-hydrogen) atoms. The van der Waals surface area contributed by atoms with Gasteiger partial charge in [-0.2, -0.15) is 18.4 Å². The number of piperazine rings is 1. The monoisotopic (exact) mass is 824 g/mol. The number of imide groups is 1. The molecule has 3 heterocycles. The maximum absolute atomic E-state index is 14.8. The van der Waals surface area contributed by atoms with Crippen molar-refractivity contribution in [3.05, 3.63) is 64.5 Å². The van der Waals surface area contributed by atoms with E-state index in [1.54, 1.807) is 32.0 Å². The highest BCUT2D eigenvalue weighted by atomic mass is 32.1. The summed E-state index contributed by atoms with van der Waals surface area (Å²) >= 11 is 5.76. The molecule has 15 heteroatoms. The van der Waals surface area contributed by atoms with E-state index >= 15 is 0 Å². The van der Waals surface area contributed by atoms with E-state index in [2.05, 4.69) is 29.0 Å². The summed E-state index contributed by atoms with van der Waals surface area (Å²) in [5, 5.41) is 11.8. The number of hydrogen-bond donors (Lipinski definition) is 1. The zero-order chi connectivity index (χ0) is 42.1. The highest BCUT2D eigenvalue weighted by molar-refractivity contribution is 7.80. The van der Waals surface area contributed by atoms with Crippen LogP contribution in [0.4, 0.5) is 23.2 Å². The number of nitriles is 1. The number of Topliss-reactive ketones (excluding diaryl/α,β-unsaturated/α-hetero) is 1. The number of amides is 3. The predicted molar refractivity (Wildman–Crippen MR) is 214 cm³/mol. The van der Waals surface area contributed by atoms with Crippen molar-refractivity contribution in [1.82, 2.24) is 20.0 Å². The molecule has 2 aromatic carbocycles. The Kier molecular flexibility index (Phi) is 13.1. The first kappa shape index (κ1) is 43.3. The van der Waals surface area contributed by atoms with Crippen LogP contribution in [0.15, 0.2) is 36.4 Å². The minimum absolute atomic E-state index is 0.00291. The quantitative estimate of drug-likeness (QED) is 0.144. The van der Waals surface area contributed by atoms with Gasteiger partial charge in [0, 0.05) is 50.0 Å². The van der Waals surface area contributed by atoms with Gasteiger partial charge in [0.25, 0.3) is 5.91 Å². The number of halogens is 4. The minimum Gasteiger partial charge on any atom is -0.331 e. The van der Waals surface area contributed by atoms with Gasteiger partial charge in [0.2, 0.25) is 11.8 Å². The van der Waals surface area contributed by atoms with Crippen LogP contribution in [-0.4, -0.2) is 93.2 Å². The molecule has 1 aliphatic carbocycles. The average molecular weight is 825 g/mol. The molecule has 4 fully saturated rings. The number of hydrogen-bond acceptors (Lipinski definition) is 8. The molecule has 2 aromatic rings. The van der Waals surface area contributed by atoms with Crippen molar-refractivity contribution in [1.29, 1.82) is 5.26 Å². The molecule has 4 aliphatic rings. The Morgan fingerprint density at radius 2 is 1.69 bits per heavy atom. The summed E-state index contributed by atoms with van der Waals surface area (Å²) in [6, 6.07) is 9.72. The summed E-state index contributed by atoms with van der Waals surface area (Å²) in [5.74, 6) is -1.36. The first-order valence-electron chi connectivity index (χ1n) is 20.3. The van der Waals surface area contributed by atoms with Crippen LogP contribution in [0, 0.1) is 29.0 Å². The Labute approximate surface area is 342 Å². The molecular formula is C43H52F4N6O4S. The van der Waals surface area contributed by atoms with Crippen molar-refractivity contribution >= 4 is 46.5 Å². The molecule has 3 atom stereocenters. The zero-order valence-electron chi connectivity index (χ0n) is 33.5. The molecule has 10 nitrogen and oxygen atoms in total. The van der Waals surface area contributed by atoms with Crippen LogP contribution in [0.2, 0.25) is 0 Å². The third kappa shape index (κ3) is 9.45. The van der Waals surface area contributed by atoms with Crippen molar-refractivity contribution in [3.63, 3.8) is 0 Å². The van der Waals surface area contributed by atoms with E-state index in [0.717, 1.165) is 75.9 Å². The molecule has 0 aromatic heterocycles. The number of carbonyl (C=O) groups excluding carboxylic acids is 4. The largest absolute Gasteiger partial charge is 0.417 e. The number of alkyl halides is 3. The summed E-state index contributed by atoms with van der Waals surface area (Å²) in [6.45, 7) is 10.5. The summed E-state index contributed by atoms with van der Waals surface area (Å²) in [5.41, 5.74) is -1.57. The van der Waals surface area contributed by atoms with E-state index in [0.29, 0.717) is 24.3 Å². The third-order valence-electron chi connectivity index (χ3n) is 12.6. The van der Waals surface area contributed by atoms with Gasteiger partial charge in [-0.05, 0) is 139 Å². The lowest BCUT2D eigenvalue weighted by Crippen LogP contribution is -2.58. The highest BCUT2D eigenvalue weighted by Crippen LogP contribution is 2.41. The maximum Gasteiger partial charge on any atom is 0.417 e. The predicted octanol–water partition coefficient (Wildman–Crippen LogP) is 6.57. The number of thiocarbonyl (C=S) groups is 1. The van der Waals surface area contributed by atoms with Crippen LogP contribution in [0.25, 0.3) is 0 Å². The smallest absolute Gasteiger partial charge is 0.331 e. The van der Waals surface area contributed by atoms with Gasteiger partial charge in [-0.3, -0.25) is 34.3 Å². The second kappa shape index (κ2) is 17.5. The van der Waals surface area contributed by atoms with Crippen molar-refractivity contribution in [3.8, 4) is 6.07 Å². The van der Waals surface area contributed by atoms with E-state index in [1.165, 1.54) is 17.0 Å². The first-order chi connectivity index (χ1) is 27.4. The molecule has 1 N–H and O–H groups in total. The lowest BCUT2D eigenvalue weighted by atomic mass is 9.82. The summed E-state index contributed by atoms with van der Waals surface area (Å²) in [4.78, 5) is 58.4. The summed E-state index contributed by atoms with van der Waals surface area (Å²) in [6.07, 6.45) is 1.90. The molecular weight excluding hydrogens is 773 g/mol. The Balaban J connectivity index is 0.953. The number of nitrogens with zero attached hydrogens (tertiary/aromatic N) is 5. The van der Waals surface area contributed by atoms with Crippen LogP contribution in [0.3, 0.4) is 0 Å². The average Bonchev–Trinajstić information content (AvgIpc) is 3.34. The molecule has 0 radical (unpaired) electrons. The SMILES string of the molecule is C[C@@H]1CN(CCCC2CCC(N3C(=S)N(c4ccc(C#N)c(C(F)(F)F)c4)C(=O)C3(C)C)CC2)C[C@H](C)N1CC(=O)Cc1cc(CC2CCC(=O)NC2=O)ccc1F. The fraction of sp³-hybridized carbons (Fsp3) is 0.581. The van der Waals surface area contributed by atoms with E-state index in [1.807, 2.05) is 4.90 Å². The van der Waals surface area contributed by atoms with Gasteiger partial charge in [0.1, 0.15) is 11.4 Å². The van der Waals surface area contributed by atoms with Gasteiger partial charge in [-0.15, -0.1) is 0 Å². The van der Waals surface area contributed by atoms with Gasteiger partial charge >= 0.3 is 6.18 Å². The zero-order valence-corrected chi connectivity index (χ0v) is 34.4. The second-order valence-corrected chi connectivity index (χ2v) is 17.5. The Morgan fingerprint density at radius 1 is 1.00 bits per heavy atom. The molecule has 1 unspecified atom stereocenters. The molecule has 6 rings (SSSR count). The number of nitrogens with one attached hydrogen (secondary N) is 1. The van der Waals surface area contributed by atoms with E-state index in [9.17, 15) is 42.0 Å². The lowest BCUT2D eigenvalue weighted by molar-refractivity contribution is -0.138. The summed E-state index contributed by atoms with van der Waals surface area (Å²) in [7, 11) is 0. The Morgan fingerprint density at radius 3 is 2.33 bits per heavy atom. The van der Waals surface area contributed by atoms with Crippen molar-refractivity contribution < 1.29 is 36.7 Å². The molecule has 312 valence electrons. The van der Waals surface area contributed by atoms with Gasteiger partial charge in [0.05, 0.1) is 29.4 Å². The van der Waals surface area contributed by atoms with Crippen LogP contribution in [0.1, 0.15) is 101 Å². The first-order valence-corrected chi connectivity index (χ1v) is 20.7. The van der Waals surface area contributed by atoms with E-state index in [4.69, 9.17) is 12.2 Å². The molecule has 0 bridgehead atoms. The molecule has 0 spiro atoms. The number of piperidine rings is 1. The van der Waals surface area contributed by atoms with Crippen LogP contribution in [0.5, 0.6) is 0 Å². The molecule has 1 saturated carbocycles. The minimum atomic E-state index is -4.76. The lowest BCUT2D eigenvalue weighted by Gasteiger charge is -2.44. The standard InChI is InChI=1S/C43H52F4N6O4S/c1-26-23-50(24-27(2)51(26)25-35(54)20-32-19-29(9-15-37(32)44)18-30-11-16-38(55)49-39(30)56)17-5-6-28-7-12-33(13-8-28)53-41(58)52(40(57)42(53,3)4)34-14-10-31(22-48)36(21-34)43(45,46)47/h9-10,14-15,19,21,26-28,30,33H,5-8,11-13,16-18,20,23-25H2,1-4H3,(H,49,55,56)/t26-,27+,28?,30?,33?. The normalized spacial score (nSPS) is 25.9. The van der Waals surface area contributed by atoms with Crippen LogP contribution >= 0.6 is 12.2 Å². The molecule has 3 saturated heterocycles.